The van der Waals surface area contributed by atoms with Gasteiger partial charge in [0, 0.05) is 31.0 Å². The van der Waals surface area contributed by atoms with Crippen LogP contribution in [-0.2, 0) is 37.6 Å². The van der Waals surface area contributed by atoms with Crippen LogP contribution in [0.5, 0.6) is 0 Å². The Kier molecular flexibility index (Phi) is 10.5. The van der Waals surface area contributed by atoms with E-state index in [1.54, 1.807) is 6.07 Å². The molecule has 1 aliphatic rings. The Morgan fingerprint density at radius 2 is 1.68 bits per heavy atom. The molecule has 0 bridgehead atoms. The zero-order valence-corrected chi connectivity index (χ0v) is 22.8. The fourth-order valence-corrected chi connectivity index (χ4v) is 5.77. The summed E-state index contributed by atoms with van der Waals surface area (Å²) in [5.74, 6) is -4.03. The highest BCUT2D eigenvalue weighted by molar-refractivity contribution is 7.91. The summed E-state index contributed by atoms with van der Waals surface area (Å²) in [4.78, 5) is 23.5. The highest BCUT2D eigenvalue weighted by atomic mass is 32.2. The van der Waals surface area contributed by atoms with Gasteiger partial charge in [-0.1, -0.05) is 12.1 Å². The smallest absolute Gasteiger partial charge is 0.390 e. The molecule has 1 aliphatic carbocycles. The number of nitrogens with two attached hydrogens (primary N) is 1. The zero-order chi connectivity index (χ0) is 30.4. The molecule has 0 aliphatic heterocycles. The van der Waals surface area contributed by atoms with Crippen LogP contribution in [-0.4, -0.2) is 55.5 Å². The molecule has 41 heavy (non-hydrogen) atoms. The topological polar surface area (TPSA) is 139 Å². The van der Waals surface area contributed by atoms with Gasteiger partial charge in [-0.05, 0) is 61.1 Å². The fraction of sp³-hybridized carbons (Fsp3) is 0.481. The van der Waals surface area contributed by atoms with Crippen LogP contribution in [0.25, 0.3) is 0 Å². The molecule has 226 valence electrons. The molecule has 5 N–H and O–H groups in total. The third-order valence-electron chi connectivity index (χ3n) is 6.85. The molecule has 2 unspecified atom stereocenters. The molecule has 2 aromatic carbocycles. The number of hydrogen-bond acceptors (Lipinski definition) is 6. The average Bonchev–Trinajstić information content (AvgIpc) is 3.66. The maximum atomic E-state index is 13.8. The third kappa shape index (κ3) is 10.0. The molecule has 0 saturated heterocycles. The van der Waals surface area contributed by atoms with Crippen LogP contribution in [0.4, 0.5) is 22.0 Å². The highest BCUT2D eigenvalue weighted by Gasteiger charge is 2.45. The largest absolute Gasteiger partial charge is 0.416 e. The molecule has 0 spiro atoms. The summed E-state index contributed by atoms with van der Waals surface area (Å²) < 4.78 is 91.6. The van der Waals surface area contributed by atoms with Crippen molar-refractivity contribution in [2.24, 2.45) is 5.73 Å². The molecule has 3 rings (SSSR count). The normalized spacial score (nSPS) is 16.1. The lowest BCUT2D eigenvalue weighted by Gasteiger charge is -2.27. The lowest BCUT2D eigenvalue weighted by molar-refractivity contribution is -0.137. The monoisotopic (exact) mass is 605 g/mol. The van der Waals surface area contributed by atoms with Crippen LogP contribution in [0.1, 0.15) is 48.8 Å². The van der Waals surface area contributed by atoms with E-state index >= 15 is 0 Å². The number of benzene rings is 2. The molecular formula is C27H32F5N3O5S. The van der Waals surface area contributed by atoms with E-state index in [1.165, 1.54) is 6.07 Å². The van der Waals surface area contributed by atoms with Crippen LogP contribution >= 0.6 is 0 Å². The van der Waals surface area contributed by atoms with E-state index in [2.05, 4.69) is 10.6 Å². The van der Waals surface area contributed by atoms with Crippen LogP contribution in [0.15, 0.2) is 42.5 Å². The van der Waals surface area contributed by atoms with E-state index in [9.17, 15) is 45.1 Å². The summed E-state index contributed by atoms with van der Waals surface area (Å²) in [7, 11) is -3.69. The van der Waals surface area contributed by atoms with E-state index in [4.69, 9.17) is 5.73 Å². The van der Waals surface area contributed by atoms with Crippen LogP contribution in [0.2, 0.25) is 0 Å². The Hall–Kier alpha value is -3.10. The predicted molar refractivity (Wildman–Crippen MR) is 140 cm³/mol. The lowest BCUT2D eigenvalue weighted by atomic mass is 9.98. The van der Waals surface area contributed by atoms with Gasteiger partial charge in [0.25, 0.3) is 0 Å². The summed E-state index contributed by atoms with van der Waals surface area (Å²) in [5.41, 5.74) is 3.87. The van der Waals surface area contributed by atoms with Gasteiger partial charge in [-0.15, -0.1) is 0 Å². The third-order valence-corrected chi connectivity index (χ3v) is 8.59. The van der Waals surface area contributed by atoms with Gasteiger partial charge in [-0.2, -0.15) is 13.2 Å². The fourth-order valence-electron chi connectivity index (χ4n) is 4.49. The second-order valence-corrected chi connectivity index (χ2v) is 12.5. The Balaban J connectivity index is 1.69. The van der Waals surface area contributed by atoms with Gasteiger partial charge < -0.3 is 21.5 Å². The lowest BCUT2D eigenvalue weighted by Crippen LogP contribution is -2.50. The molecule has 0 heterocycles. The Bertz CT molecular complexity index is 1330. The van der Waals surface area contributed by atoms with Gasteiger partial charge in [0.05, 0.1) is 29.2 Å². The molecule has 0 radical (unpaired) electrons. The maximum absolute atomic E-state index is 13.8. The maximum Gasteiger partial charge on any atom is 0.416 e. The van der Waals surface area contributed by atoms with Gasteiger partial charge in [0.15, 0.2) is 9.84 Å². The summed E-state index contributed by atoms with van der Waals surface area (Å²) in [6.07, 6.45) is -5.70. The summed E-state index contributed by atoms with van der Waals surface area (Å²) in [6.45, 7) is -0.190. The second-order valence-electron chi connectivity index (χ2n) is 10.2. The number of alkyl halides is 3. The van der Waals surface area contributed by atoms with E-state index in [-0.39, 0.29) is 37.1 Å². The van der Waals surface area contributed by atoms with Crippen molar-refractivity contribution in [2.45, 2.75) is 62.4 Å². The number of halogens is 5. The first-order valence-electron chi connectivity index (χ1n) is 12.9. The van der Waals surface area contributed by atoms with Crippen molar-refractivity contribution in [1.82, 2.24) is 10.6 Å². The zero-order valence-electron chi connectivity index (χ0n) is 22.0. The predicted octanol–water partition coefficient (Wildman–Crippen LogP) is 2.72. The molecule has 14 heteroatoms. The molecule has 1 fully saturated rings. The minimum absolute atomic E-state index is 0.00502. The Morgan fingerprint density at radius 3 is 2.27 bits per heavy atom. The van der Waals surface area contributed by atoms with Crippen molar-refractivity contribution < 1.29 is 45.1 Å². The Morgan fingerprint density at radius 1 is 1.02 bits per heavy atom. The second kappa shape index (κ2) is 13.3. The molecule has 2 amide bonds. The number of aliphatic hydroxyl groups excluding tert-OH is 1. The number of hydrogen-bond donors (Lipinski definition) is 4. The Labute approximate surface area is 234 Å². The van der Waals surface area contributed by atoms with E-state index in [1.807, 2.05) is 0 Å². The quantitative estimate of drug-likeness (QED) is 0.231. The van der Waals surface area contributed by atoms with Gasteiger partial charge in [-0.3, -0.25) is 9.59 Å². The van der Waals surface area contributed by atoms with Gasteiger partial charge >= 0.3 is 6.18 Å². The molecular weight excluding hydrogens is 573 g/mol. The van der Waals surface area contributed by atoms with Crippen molar-refractivity contribution in [3.05, 3.63) is 70.8 Å². The summed E-state index contributed by atoms with van der Waals surface area (Å²) in [6, 6.07) is 6.41. The molecule has 8 nitrogen and oxygen atoms in total. The van der Waals surface area contributed by atoms with Gasteiger partial charge in [0.1, 0.15) is 11.6 Å². The van der Waals surface area contributed by atoms with E-state index < -0.39 is 74.9 Å². The van der Waals surface area contributed by atoms with Crippen molar-refractivity contribution >= 4 is 21.7 Å². The van der Waals surface area contributed by atoms with Gasteiger partial charge in [0.2, 0.25) is 11.8 Å². The van der Waals surface area contributed by atoms with Crippen LogP contribution in [0.3, 0.4) is 0 Å². The minimum atomic E-state index is -4.53. The van der Waals surface area contributed by atoms with E-state index in [0.29, 0.717) is 24.5 Å². The van der Waals surface area contributed by atoms with Crippen molar-refractivity contribution in [3.63, 3.8) is 0 Å². The standard InChI is InChI=1S/C27H32F5N3O5S/c28-20-11-17(12-21(29)15-20)13-22(35-25(38)6-10-41(39,40)9-2-5-24(33)37)23(36)16-34-26(7-8-26)18-3-1-4-19(14-18)27(30,31)32/h1,3-4,11-12,14-15,22-23,34,36H,2,5-10,13,16H2,(H2,33,37)(H,35,38). The number of primary amides is 1. The molecule has 2 atom stereocenters. The first kappa shape index (κ1) is 32.4. The number of rotatable bonds is 15. The molecule has 2 aromatic rings. The molecule has 1 saturated carbocycles. The average molecular weight is 606 g/mol. The number of aliphatic hydroxyl groups is 1. The number of amides is 2. The van der Waals surface area contributed by atoms with Crippen LogP contribution < -0.4 is 16.4 Å². The number of carbonyl (C=O) groups is 2. The van der Waals surface area contributed by atoms with Gasteiger partial charge in [-0.25, -0.2) is 17.2 Å². The van der Waals surface area contributed by atoms with Crippen molar-refractivity contribution in [2.75, 3.05) is 18.1 Å². The molecule has 0 aromatic heterocycles. The number of sulfone groups is 1. The number of carbonyl (C=O) groups excluding carboxylic acids is 2. The first-order valence-corrected chi connectivity index (χ1v) is 14.7. The van der Waals surface area contributed by atoms with Crippen molar-refractivity contribution in [3.8, 4) is 0 Å². The summed E-state index contributed by atoms with van der Waals surface area (Å²) in [5, 5.41) is 16.5. The SMILES string of the molecule is NC(=O)CCCS(=O)(=O)CCC(=O)NC(Cc1cc(F)cc(F)c1)C(O)CNC1(c2cccc(C(F)(F)F)c2)CC1. The first-order chi connectivity index (χ1) is 19.1. The summed E-state index contributed by atoms with van der Waals surface area (Å²) >= 11 is 0. The van der Waals surface area contributed by atoms with Crippen LogP contribution in [0, 0.1) is 11.6 Å². The van der Waals surface area contributed by atoms with E-state index in [0.717, 1.165) is 24.3 Å². The number of nitrogens with one attached hydrogen (secondary N) is 2. The van der Waals surface area contributed by atoms with Crippen molar-refractivity contribution in [1.29, 1.82) is 0 Å². The highest BCUT2D eigenvalue weighted by Crippen LogP contribution is 2.46. The minimum Gasteiger partial charge on any atom is -0.390 e.